The predicted octanol–water partition coefficient (Wildman–Crippen LogP) is 0.731. The molecule has 1 rings (SSSR count). The van der Waals surface area contributed by atoms with Crippen LogP contribution < -0.4 is 11.1 Å². The lowest BCUT2D eigenvalue weighted by atomic mass is 9.69. The highest BCUT2D eigenvalue weighted by Crippen LogP contribution is 2.40. The van der Waals surface area contributed by atoms with Gasteiger partial charge in [0.25, 0.3) is 0 Å². The highest BCUT2D eigenvalue weighted by Gasteiger charge is 2.44. The fraction of sp³-hybridized carbons (Fsp3) is 0.833. The molecule has 0 heterocycles. The van der Waals surface area contributed by atoms with Crippen LogP contribution in [0, 0.1) is 11.3 Å². The van der Waals surface area contributed by atoms with Crippen molar-refractivity contribution in [3.05, 3.63) is 0 Å². The number of hydrogen-bond donors (Lipinski definition) is 3. The lowest BCUT2D eigenvalue weighted by Gasteiger charge is -2.37. The maximum absolute atomic E-state index is 11.7. The molecule has 1 aliphatic rings. The Hall–Kier alpha value is -1.10. The van der Waals surface area contributed by atoms with E-state index in [9.17, 15) is 9.59 Å². The molecule has 1 saturated carbocycles. The van der Waals surface area contributed by atoms with E-state index in [4.69, 9.17) is 10.8 Å². The number of carbonyl (C=O) groups excluding carboxylic acids is 1. The first-order valence-electron chi connectivity index (χ1n) is 6.14. The predicted molar refractivity (Wildman–Crippen MR) is 64.4 cm³/mol. The second-order valence-electron chi connectivity index (χ2n) is 5.39. The van der Waals surface area contributed by atoms with Gasteiger partial charge in [-0.05, 0) is 25.2 Å². The van der Waals surface area contributed by atoms with E-state index in [2.05, 4.69) is 5.32 Å². The van der Waals surface area contributed by atoms with Crippen LogP contribution in [-0.2, 0) is 9.59 Å². The molecule has 1 fully saturated rings. The van der Waals surface area contributed by atoms with Crippen LogP contribution in [-0.4, -0.2) is 29.6 Å². The molecule has 17 heavy (non-hydrogen) atoms. The Labute approximate surface area is 102 Å². The number of hydrogen-bond acceptors (Lipinski definition) is 3. The Bertz CT molecular complexity index is 298. The Balaban J connectivity index is 2.39. The molecule has 0 spiro atoms. The fourth-order valence-electron chi connectivity index (χ4n) is 2.07. The average molecular weight is 242 g/mol. The molecule has 4 N–H and O–H groups in total. The highest BCUT2D eigenvalue weighted by atomic mass is 16.4. The van der Waals surface area contributed by atoms with Gasteiger partial charge in [0.05, 0.1) is 11.5 Å². The van der Waals surface area contributed by atoms with Crippen LogP contribution in [0.1, 0.15) is 39.5 Å². The van der Waals surface area contributed by atoms with E-state index < -0.39 is 17.4 Å². The van der Waals surface area contributed by atoms with Crippen LogP contribution in [0.25, 0.3) is 0 Å². The third kappa shape index (κ3) is 3.43. The Morgan fingerprint density at radius 3 is 2.35 bits per heavy atom. The summed E-state index contributed by atoms with van der Waals surface area (Å²) in [6.45, 7) is 4.20. The normalized spacial score (nSPS) is 19.5. The molecular formula is C12H22N2O3. The lowest BCUT2D eigenvalue weighted by molar-refractivity contribution is -0.154. The summed E-state index contributed by atoms with van der Waals surface area (Å²) in [6.07, 6.45) is 2.82. The summed E-state index contributed by atoms with van der Waals surface area (Å²) in [7, 11) is 0. The monoisotopic (exact) mass is 242 g/mol. The molecule has 0 aromatic rings. The molecule has 5 nitrogen and oxygen atoms in total. The quantitative estimate of drug-likeness (QED) is 0.640. The summed E-state index contributed by atoms with van der Waals surface area (Å²) in [4.78, 5) is 22.7. The summed E-state index contributed by atoms with van der Waals surface area (Å²) in [5, 5.41) is 11.8. The number of rotatable bonds is 6. The number of carboxylic acids is 1. The third-order valence-electron chi connectivity index (χ3n) is 3.43. The zero-order valence-electron chi connectivity index (χ0n) is 10.5. The molecule has 0 aliphatic heterocycles. The summed E-state index contributed by atoms with van der Waals surface area (Å²) in [6, 6.07) is -0.541. The van der Waals surface area contributed by atoms with Gasteiger partial charge in [-0.1, -0.05) is 20.3 Å². The molecule has 0 aromatic carbocycles. The minimum atomic E-state index is -0.818. The zero-order chi connectivity index (χ0) is 13.1. The first-order chi connectivity index (χ1) is 7.87. The van der Waals surface area contributed by atoms with E-state index in [1.165, 1.54) is 0 Å². The van der Waals surface area contributed by atoms with Crippen molar-refractivity contribution in [3.63, 3.8) is 0 Å². The number of amides is 1. The number of nitrogens with one attached hydrogen (secondary N) is 1. The summed E-state index contributed by atoms with van der Waals surface area (Å²) >= 11 is 0. The van der Waals surface area contributed by atoms with Crippen molar-refractivity contribution in [2.75, 3.05) is 6.54 Å². The minimum absolute atomic E-state index is 0.201. The van der Waals surface area contributed by atoms with Crippen LogP contribution in [0.5, 0.6) is 0 Å². The van der Waals surface area contributed by atoms with E-state index in [1.807, 2.05) is 13.8 Å². The molecule has 1 amide bonds. The fourth-order valence-corrected chi connectivity index (χ4v) is 2.07. The zero-order valence-corrected chi connectivity index (χ0v) is 10.5. The van der Waals surface area contributed by atoms with Crippen LogP contribution in [0.2, 0.25) is 0 Å². The van der Waals surface area contributed by atoms with Crippen molar-refractivity contribution in [1.82, 2.24) is 5.32 Å². The van der Waals surface area contributed by atoms with Crippen molar-refractivity contribution in [3.8, 4) is 0 Å². The molecule has 1 unspecified atom stereocenters. The van der Waals surface area contributed by atoms with E-state index in [1.54, 1.807) is 0 Å². The summed E-state index contributed by atoms with van der Waals surface area (Å²) < 4.78 is 0. The second-order valence-corrected chi connectivity index (χ2v) is 5.39. The van der Waals surface area contributed by atoms with Crippen molar-refractivity contribution >= 4 is 11.9 Å². The average Bonchev–Trinajstić information content (AvgIpc) is 2.13. The van der Waals surface area contributed by atoms with E-state index in [0.29, 0.717) is 25.2 Å². The largest absolute Gasteiger partial charge is 0.481 e. The Morgan fingerprint density at radius 1 is 1.41 bits per heavy atom. The maximum Gasteiger partial charge on any atom is 0.311 e. The van der Waals surface area contributed by atoms with Gasteiger partial charge >= 0.3 is 5.97 Å². The molecular weight excluding hydrogens is 220 g/mol. The van der Waals surface area contributed by atoms with Crippen molar-refractivity contribution < 1.29 is 14.7 Å². The van der Waals surface area contributed by atoms with Crippen molar-refractivity contribution in [2.24, 2.45) is 17.1 Å². The number of carbonyl (C=O) groups is 2. The maximum atomic E-state index is 11.7. The molecule has 1 aliphatic carbocycles. The van der Waals surface area contributed by atoms with Gasteiger partial charge in [0, 0.05) is 6.54 Å². The summed E-state index contributed by atoms with van der Waals surface area (Å²) in [5.74, 6) is -0.708. The van der Waals surface area contributed by atoms with E-state index in [0.717, 1.165) is 6.42 Å². The van der Waals surface area contributed by atoms with E-state index >= 15 is 0 Å². The standard InChI is InChI=1S/C12H22N2O3/c1-8(2)6-9(13)10(15)14-7-12(11(16)17)4-3-5-12/h8-9H,3-7,13H2,1-2H3,(H,14,15)(H,16,17). The van der Waals surface area contributed by atoms with Crippen molar-refractivity contribution in [1.29, 1.82) is 0 Å². The minimum Gasteiger partial charge on any atom is -0.481 e. The number of aliphatic carboxylic acids is 1. The molecule has 98 valence electrons. The van der Waals surface area contributed by atoms with Gasteiger partial charge in [0.2, 0.25) is 5.91 Å². The highest BCUT2D eigenvalue weighted by molar-refractivity contribution is 5.83. The number of carboxylic acid groups (broad SMARTS) is 1. The SMILES string of the molecule is CC(C)CC(N)C(=O)NCC1(C(=O)O)CCC1. The van der Waals surface area contributed by atoms with Crippen LogP contribution in [0.15, 0.2) is 0 Å². The first-order valence-corrected chi connectivity index (χ1v) is 6.14. The van der Waals surface area contributed by atoms with Gasteiger partial charge in [-0.15, -0.1) is 0 Å². The van der Waals surface area contributed by atoms with Gasteiger partial charge in [-0.3, -0.25) is 9.59 Å². The van der Waals surface area contributed by atoms with Gasteiger partial charge in [-0.2, -0.15) is 0 Å². The van der Waals surface area contributed by atoms with E-state index in [-0.39, 0.29) is 12.5 Å². The molecule has 0 saturated heterocycles. The first kappa shape index (κ1) is 14.0. The Morgan fingerprint density at radius 2 is 2.00 bits per heavy atom. The van der Waals surface area contributed by atoms with Gasteiger partial charge in [-0.25, -0.2) is 0 Å². The van der Waals surface area contributed by atoms with Crippen LogP contribution in [0.3, 0.4) is 0 Å². The number of nitrogens with two attached hydrogens (primary N) is 1. The third-order valence-corrected chi connectivity index (χ3v) is 3.43. The molecule has 1 atom stereocenters. The van der Waals surface area contributed by atoms with Crippen molar-refractivity contribution in [2.45, 2.75) is 45.6 Å². The van der Waals surface area contributed by atoms with Gasteiger partial charge < -0.3 is 16.2 Å². The topological polar surface area (TPSA) is 92.4 Å². The smallest absolute Gasteiger partial charge is 0.311 e. The molecule has 5 heteroatoms. The van der Waals surface area contributed by atoms with Crippen LogP contribution >= 0.6 is 0 Å². The van der Waals surface area contributed by atoms with Crippen LogP contribution in [0.4, 0.5) is 0 Å². The van der Waals surface area contributed by atoms with Gasteiger partial charge in [0.15, 0.2) is 0 Å². The molecule has 0 aromatic heterocycles. The second kappa shape index (κ2) is 5.49. The molecule has 0 bridgehead atoms. The van der Waals surface area contributed by atoms with Gasteiger partial charge in [0.1, 0.15) is 0 Å². The Kier molecular flexibility index (Phi) is 4.51. The lowest BCUT2D eigenvalue weighted by Crippen LogP contribution is -2.51. The summed E-state index contributed by atoms with van der Waals surface area (Å²) in [5.41, 5.74) is 4.98. The molecule has 0 radical (unpaired) electrons.